The first-order valence-electron chi connectivity index (χ1n) is 14.6. The van der Waals surface area contributed by atoms with Crippen LogP contribution in [0.4, 0.5) is 17.8 Å². The van der Waals surface area contributed by atoms with E-state index in [4.69, 9.17) is 15.0 Å². The van der Waals surface area contributed by atoms with Gasteiger partial charge in [0.15, 0.2) is 0 Å². The monoisotopic (exact) mass is 610 g/mol. The first-order valence-corrected chi connectivity index (χ1v) is 14.6. The van der Waals surface area contributed by atoms with Crippen molar-refractivity contribution in [3.63, 3.8) is 0 Å². The first-order chi connectivity index (χ1) is 21.7. The summed E-state index contributed by atoms with van der Waals surface area (Å²) < 4.78 is 0. The molecule has 0 amide bonds. The molecule has 0 aliphatic carbocycles. The Morgan fingerprint density at radius 2 is 1.27 bits per heavy atom. The zero-order valence-electron chi connectivity index (χ0n) is 25.8. The Morgan fingerprint density at radius 1 is 0.800 bits per heavy atom. The largest absolute Gasteiger partial charge is 0.478 e. The highest BCUT2D eigenvalue weighted by Gasteiger charge is 2.23. The van der Waals surface area contributed by atoms with Gasteiger partial charge in [0, 0.05) is 46.2 Å². The van der Waals surface area contributed by atoms with Crippen molar-refractivity contribution in [3.8, 4) is 0 Å². The predicted molar refractivity (Wildman–Crippen MR) is 177 cm³/mol. The number of aromatic nitrogens is 3. The third kappa shape index (κ3) is 7.71. The standard InChI is InChI=1S/C33H38N8O4/c1-6-18-40(8-3)32-34-31(35-33(36-32)41(9-4)19-7-2)39(5)21-26-20-27(22-10-14-24(15-11-22)29(42)43)37-38-28(26)23-12-16-25(17-13-23)30(44)45/h6-7,10-17,38H,1-2,8-9,18-21H2,3-5H3,(H,42,43)(H,44,45). The van der Waals surface area contributed by atoms with Crippen molar-refractivity contribution in [2.24, 2.45) is 5.10 Å². The number of nitrogens with one attached hydrogen (secondary N) is 1. The lowest BCUT2D eigenvalue weighted by Gasteiger charge is -2.28. The normalized spacial score (nSPS) is 12.6. The molecule has 2 aromatic carbocycles. The highest BCUT2D eigenvalue weighted by Crippen LogP contribution is 2.27. The molecule has 0 bridgehead atoms. The van der Waals surface area contributed by atoms with Gasteiger partial charge in [-0.1, -0.05) is 36.4 Å². The van der Waals surface area contributed by atoms with Crippen molar-refractivity contribution >= 4 is 41.2 Å². The molecule has 0 unspecified atom stereocenters. The number of hydrogen-bond acceptors (Lipinski definition) is 10. The lowest BCUT2D eigenvalue weighted by Crippen LogP contribution is -2.32. The molecule has 3 aromatic rings. The number of carboxylic acid groups (broad SMARTS) is 2. The summed E-state index contributed by atoms with van der Waals surface area (Å²) in [6.07, 6.45) is 4.06. The molecule has 3 N–H and O–H groups in total. The molecule has 45 heavy (non-hydrogen) atoms. The molecule has 1 aromatic heterocycles. The van der Waals surface area contributed by atoms with Crippen molar-refractivity contribution in [2.45, 2.75) is 20.3 Å². The molecular weight excluding hydrogens is 572 g/mol. The Hall–Kier alpha value is -5.52. The van der Waals surface area contributed by atoms with Crippen LogP contribution in [0.5, 0.6) is 0 Å². The molecule has 4 rings (SSSR count). The van der Waals surface area contributed by atoms with E-state index in [2.05, 4.69) is 23.7 Å². The molecule has 0 saturated carbocycles. The van der Waals surface area contributed by atoms with Crippen LogP contribution in [0.1, 0.15) is 52.1 Å². The van der Waals surface area contributed by atoms with Crippen LogP contribution >= 0.6 is 0 Å². The molecule has 12 nitrogen and oxygen atoms in total. The van der Waals surface area contributed by atoms with Gasteiger partial charge in [0.05, 0.1) is 22.5 Å². The number of aromatic carboxylic acids is 2. The zero-order valence-corrected chi connectivity index (χ0v) is 25.8. The zero-order chi connectivity index (χ0) is 32.5. The van der Waals surface area contributed by atoms with Gasteiger partial charge in [0.2, 0.25) is 17.8 Å². The van der Waals surface area contributed by atoms with Gasteiger partial charge in [-0.2, -0.15) is 20.1 Å². The van der Waals surface area contributed by atoms with Crippen molar-refractivity contribution < 1.29 is 19.8 Å². The summed E-state index contributed by atoms with van der Waals surface area (Å²) in [5, 5.41) is 23.3. The van der Waals surface area contributed by atoms with Gasteiger partial charge in [0.25, 0.3) is 0 Å². The third-order valence-corrected chi connectivity index (χ3v) is 7.32. The highest BCUT2D eigenvalue weighted by molar-refractivity contribution is 6.04. The van der Waals surface area contributed by atoms with Crippen LogP contribution in [0, 0.1) is 0 Å². The molecule has 0 saturated heterocycles. The summed E-state index contributed by atoms with van der Waals surface area (Å²) in [5.74, 6) is -0.461. The number of carboxylic acids is 2. The predicted octanol–water partition coefficient (Wildman–Crippen LogP) is 4.54. The number of benzene rings is 2. The van der Waals surface area contributed by atoms with Crippen molar-refractivity contribution in [2.75, 3.05) is 54.5 Å². The average molecular weight is 611 g/mol. The lowest BCUT2D eigenvalue weighted by molar-refractivity contribution is 0.0686. The number of nitrogens with zero attached hydrogens (tertiary/aromatic N) is 7. The van der Waals surface area contributed by atoms with Crippen LogP contribution in [0.25, 0.3) is 5.70 Å². The van der Waals surface area contributed by atoms with Gasteiger partial charge in [-0.25, -0.2) is 9.59 Å². The second kappa shape index (κ2) is 14.8. The smallest absolute Gasteiger partial charge is 0.335 e. The average Bonchev–Trinajstić information content (AvgIpc) is 3.05. The van der Waals surface area contributed by atoms with Gasteiger partial charge in [-0.15, -0.1) is 13.2 Å². The molecule has 0 atom stereocenters. The quantitative estimate of drug-likeness (QED) is 0.208. The molecule has 1 aliphatic heterocycles. The molecular formula is C33H38N8O4. The van der Waals surface area contributed by atoms with Crippen LogP contribution < -0.4 is 20.1 Å². The van der Waals surface area contributed by atoms with Crippen molar-refractivity contribution in [1.82, 2.24) is 20.4 Å². The van der Waals surface area contributed by atoms with E-state index in [1.807, 2.05) is 47.7 Å². The van der Waals surface area contributed by atoms with Gasteiger partial charge < -0.3 is 24.9 Å². The Labute approximate surface area is 262 Å². The topological polar surface area (TPSA) is 147 Å². The Balaban J connectivity index is 1.75. The van der Waals surface area contributed by atoms with Gasteiger partial charge >= 0.3 is 11.9 Å². The first kappa shape index (κ1) is 32.4. The summed E-state index contributed by atoms with van der Waals surface area (Å²) in [6, 6.07) is 13.2. The second-order valence-electron chi connectivity index (χ2n) is 10.3. The van der Waals surface area contributed by atoms with Gasteiger partial charge in [0.1, 0.15) is 0 Å². The number of hydrogen-bond donors (Lipinski definition) is 3. The van der Waals surface area contributed by atoms with E-state index >= 15 is 0 Å². The van der Waals surface area contributed by atoms with Crippen LogP contribution in [-0.4, -0.2) is 82.6 Å². The molecule has 0 spiro atoms. The number of anilines is 3. The Kier molecular flexibility index (Phi) is 10.6. The Bertz CT molecular complexity index is 1580. The molecule has 1 aliphatic rings. The van der Waals surface area contributed by atoms with E-state index in [-0.39, 0.29) is 11.1 Å². The molecule has 12 heteroatoms. The maximum atomic E-state index is 11.5. The van der Waals surface area contributed by atoms with E-state index in [0.717, 1.165) is 28.1 Å². The van der Waals surface area contributed by atoms with Crippen LogP contribution in [-0.2, 0) is 0 Å². The number of rotatable bonds is 15. The van der Waals surface area contributed by atoms with Crippen LogP contribution in [0.2, 0.25) is 0 Å². The fourth-order valence-corrected chi connectivity index (χ4v) is 4.86. The van der Waals surface area contributed by atoms with Gasteiger partial charge in [-0.05, 0) is 54.8 Å². The van der Waals surface area contributed by atoms with E-state index in [1.165, 1.54) is 0 Å². The van der Waals surface area contributed by atoms with E-state index in [9.17, 15) is 19.8 Å². The minimum atomic E-state index is -1.01. The van der Waals surface area contributed by atoms with Crippen LogP contribution in [0.15, 0.2) is 84.5 Å². The summed E-state index contributed by atoms with van der Waals surface area (Å²) in [7, 11) is 1.90. The maximum absolute atomic E-state index is 11.5. The number of hydrazone groups is 1. The fourth-order valence-electron chi connectivity index (χ4n) is 4.86. The molecule has 234 valence electrons. The number of likely N-dealkylation sites (N-methyl/N-ethyl adjacent to an activating group) is 3. The maximum Gasteiger partial charge on any atom is 0.335 e. The minimum Gasteiger partial charge on any atom is -0.478 e. The Morgan fingerprint density at radius 3 is 1.71 bits per heavy atom. The van der Waals surface area contributed by atoms with Gasteiger partial charge in [-0.3, -0.25) is 5.43 Å². The summed E-state index contributed by atoms with van der Waals surface area (Å²) >= 11 is 0. The summed E-state index contributed by atoms with van der Waals surface area (Å²) in [5.41, 5.74) is 7.52. The summed E-state index contributed by atoms with van der Waals surface area (Å²) in [4.78, 5) is 43.3. The SMILES string of the molecule is C=CCN(CC)c1nc(N(C)CC2=C(c3ccc(C(=O)O)cc3)NN=C(c3ccc(C(=O)O)cc3)C2)nc(N(CC)CC=C)n1. The third-order valence-electron chi connectivity index (χ3n) is 7.32. The summed E-state index contributed by atoms with van der Waals surface area (Å²) in [6.45, 7) is 14.7. The molecule has 0 fully saturated rings. The van der Waals surface area contributed by atoms with E-state index in [1.54, 1.807) is 48.5 Å². The lowest BCUT2D eigenvalue weighted by atomic mass is 9.95. The van der Waals surface area contributed by atoms with Crippen molar-refractivity contribution in [3.05, 3.63) is 102 Å². The van der Waals surface area contributed by atoms with E-state index in [0.29, 0.717) is 57.0 Å². The van der Waals surface area contributed by atoms with E-state index < -0.39 is 11.9 Å². The number of carbonyl (C=O) groups is 2. The van der Waals surface area contributed by atoms with Crippen molar-refractivity contribution in [1.29, 1.82) is 0 Å². The molecule has 0 radical (unpaired) electrons. The second-order valence-corrected chi connectivity index (χ2v) is 10.3. The fraction of sp³-hybridized carbons (Fsp3) is 0.273. The minimum absolute atomic E-state index is 0.182. The molecule has 2 heterocycles. The highest BCUT2D eigenvalue weighted by atomic mass is 16.4. The van der Waals surface area contributed by atoms with Crippen LogP contribution in [0.3, 0.4) is 0 Å².